The van der Waals surface area contributed by atoms with E-state index in [2.05, 4.69) is 64.6 Å². The number of hydrogen-bond acceptors (Lipinski definition) is 2. The summed E-state index contributed by atoms with van der Waals surface area (Å²) >= 11 is 0. The van der Waals surface area contributed by atoms with E-state index in [1.807, 2.05) is 0 Å². The van der Waals surface area contributed by atoms with Crippen LogP contribution in [0.1, 0.15) is 36.3 Å². The maximum Gasteiger partial charge on any atom is 0.118 e. The highest BCUT2D eigenvalue weighted by atomic mass is 16.5. The van der Waals surface area contributed by atoms with Crippen LogP contribution in [0.3, 0.4) is 0 Å². The summed E-state index contributed by atoms with van der Waals surface area (Å²) in [4.78, 5) is 6.04. The molecule has 3 heteroatoms. The van der Waals surface area contributed by atoms with Gasteiger partial charge in [-0.1, -0.05) is 30.3 Å². The van der Waals surface area contributed by atoms with E-state index >= 15 is 0 Å². The Morgan fingerprint density at radius 1 is 1.12 bits per heavy atom. The maximum atomic E-state index is 5.28. The number of benzene rings is 2. The number of methoxy groups -OCH3 is 1. The quantitative estimate of drug-likeness (QED) is 0.680. The number of aryl methyl sites for hydroxylation is 1. The smallest absolute Gasteiger partial charge is 0.118 e. The van der Waals surface area contributed by atoms with E-state index in [4.69, 9.17) is 4.74 Å². The molecule has 0 saturated carbocycles. The summed E-state index contributed by atoms with van der Waals surface area (Å²) in [5.74, 6) is 1.60. The Bertz CT molecular complexity index is 837. The second-order valence-electron chi connectivity index (χ2n) is 7.38. The number of aromatic nitrogens is 1. The molecule has 1 N–H and O–H groups in total. The summed E-state index contributed by atoms with van der Waals surface area (Å²) in [6.07, 6.45) is 7.14. The lowest BCUT2D eigenvalue weighted by Gasteiger charge is -2.33. The van der Waals surface area contributed by atoms with Crippen LogP contribution in [0.15, 0.2) is 54.7 Å². The fourth-order valence-electron chi connectivity index (χ4n) is 4.24. The van der Waals surface area contributed by atoms with Crippen LogP contribution >= 0.6 is 0 Å². The van der Waals surface area contributed by atoms with Crippen molar-refractivity contribution in [1.82, 2.24) is 9.88 Å². The number of fused-ring (bicyclic) bond motifs is 1. The number of likely N-dealkylation sites (tertiary alicyclic amines) is 1. The first-order chi connectivity index (χ1) is 12.8. The molecular formula is C23H28N2O. The van der Waals surface area contributed by atoms with Gasteiger partial charge in [0, 0.05) is 23.6 Å². The van der Waals surface area contributed by atoms with E-state index in [9.17, 15) is 0 Å². The van der Waals surface area contributed by atoms with Crippen LogP contribution in [0.2, 0.25) is 0 Å². The molecule has 0 spiro atoms. The molecule has 2 aromatic carbocycles. The Labute approximate surface area is 156 Å². The van der Waals surface area contributed by atoms with Crippen LogP contribution in [0.25, 0.3) is 10.9 Å². The van der Waals surface area contributed by atoms with Crippen molar-refractivity contribution in [3.05, 3.63) is 65.9 Å². The summed E-state index contributed by atoms with van der Waals surface area (Å²) in [6, 6.07) is 17.2. The second kappa shape index (κ2) is 7.96. The van der Waals surface area contributed by atoms with Gasteiger partial charge in [0.15, 0.2) is 0 Å². The molecule has 1 atom stereocenters. The Balaban J connectivity index is 1.32. The molecular weight excluding hydrogens is 320 g/mol. The van der Waals surface area contributed by atoms with Gasteiger partial charge < -0.3 is 14.6 Å². The molecule has 1 aliphatic heterocycles. The molecule has 4 rings (SSSR count). The predicted octanol–water partition coefficient (Wildman–Crippen LogP) is 4.99. The van der Waals surface area contributed by atoms with Gasteiger partial charge in [-0.2, -0.15) is 0 Å². The van der Waals surface area contributed by atoms with Gasteiger partial charge in [0.05, 0.1) is 7.11 Å². The number of rotatable bonds is 6. The van der Waals surface area contributed by atoms with Gasteiger partial charge in [-0.25, -0.2) is 0 Å². The molecule has 2 heterocycles. The number of nitrogens with one attached hydrogen (secondary N) is 1. The summed E-state index contributed by atoms with van der Waals surface area (Å²) in [5.41, 5.74) is 4.15. The first-order valence-electron chi connectivity index (χ1n) is 9.75. The van der Waals surface area contributed by atoms with E-state index in [1.54, 1.807) is 7.11 Å². The van der Waals surface area contributed by atoms with Gasteiger partial charge in [0.2, 0.25) is 0 Å². The molecule has 3 nitrogen and oxygen atoms in total. The molecule has 0 aliphatic carbocycles. The first kappa shape index (κ1) is 17.2. The van der Waals surface area contributed by atoms with Gasteiger partial charge in [-0.15, -0.1) is 0 Å². The maximum absolute atomic E-state index is 5.28. The van der Waals surface area contributed by atoms with Crippen molar-refractivity contribution in [3.8, 4) is 5.75 Å². The van der Waals surface area contributed by atoms with E-state index < -0.39 is 0 Å². The van der Waals surface area contributed by atoms with Crippen LogP contribution in [0.5, 0.6) is 5.75 Å². The first-order valence-corrected chi connectivity index (χ1v) is 9.75. The van der Waals surface area contributed by atoms with Crippen LogP contribution in [-0.4, -0.2) is 36.6 Å². The van der Waals surface area contributed by atoms with Gasteiger partial charge >= 0.3 is 0 Å². The zero-order valence-electron chi connectivity index (χ0n) is 15.6. The Morgan fingerprint density at radius 3 is 2.81 bits per heavy atom. The average Bonchev–Trinajstić information content (AvgIpc) is 3.12. The highest BCUT2D eigenvalue weighted by Gasteiger charge is 2.21. The molecule has 26 heavy (non-hydrogen) atoms. The molecule has 1 saturated heterocycles. The van der Waals surface area contributed by atoms with Crippen molar-refractivity contribution in [2.24, 2.45) is 0 Å². The SMILES string of the molecule is COc1ccc(C2CCCN(CCCc3c[nH]c4ccccc34)C2)cc1. The molecule has 1 aromatic heterocycles. The van der Waals surface area contributed by atoms with Gasteiger partial charge in [-0.05, 0) is 74.0 Å². The minimum Gasteiger partial charge on any atom is -0.497 e. The fraction of sp³-hybridized carbons (Fsp3) is 0.391. The number of ether oxygens (including phenoxy) is 1. The van der Waals surface area contributed by atoms with Gasteiger partial charge in [-0.3, -0.25) is 0 Å². The lowest BCUT2D eigenvalue weighted by molar-refractivity contribution is 0.206. The summed E-state index contributed by atoms with van der Waals surface area (Å²) in [6.45, 7) is 3.60. The van der Waals surface area contributed by atoms with E-state index in [-0.39, 0.29) is 0 Å². The van der Waals surface area contributed by atoms with Crippen LogP contribution in [-0.2, 0) is 6.42 Å². The third-order valence-electron chi connectivity index (χ3n) is 5.69. The van der Waals surface area contributed by atoms with E-state index in [0.29, 0.717) is 5.92 Å². The molecule has 136 valence electrons. The summed E-state index contributed by atoms with van der Waals surface area (Å²) < 4.78 is 5.28. The number of hydrogen-bond donors (Lipinski definition) is 1. The average molecular weight is 348 g/mol. The fourth-order valence-corrected chi connectivity index (χ4v) is 4.24. The summed E-state index contributed by atoms with van der Waals surface area (Å²) in [5, 5.41) is 1.38. The van der Waals surface area contributed by atoms with Crippen molar-refractivity contribution >= 4 is 10.9 Å². The summed E-state index contributed by atoms with van der Waals surface area (Å²) in [7, 11) is 1.73. The molecule has 0 amide bonds. The number of H-pyrrole nitrogens is 1. The number of para-hydroxylation sites is 1. The molecule has 3 aromatic rings. The lowest BCUT2D eigenvalue weighted by atomic mass is 9.90. The van der Waals surface area contributed by atoms with Gasteiger partial charge in [0.1, 0.15) is 5.75 Å². The van der Waals surface area contributed by atoms with E-state index in [1.165, 1.54) is 60.9 Å². The van der Waals surface area contributed by atoms with Crippen molar-refractivity contribution < 1.29 is 4.74 Å². The van der Waals surface area contributed by atoms with Crippen LogP contribution in [0, 0.1) is 0 Å². The number of aromatic amines is 1. The lowest BCUT2D eigenvalue weighted by Crippen LogP contribution is -2.35. The third kappa shape index (κ3) is 3.78. The Hall–Kier alpha value is -2.26. The Morgan fingerprint density at radius 2 is 1.96 bits per heavy atom. The van der Waals surface area contributed by atoms with Crippen molar-refractivity contribution in [1.29, 1.82) is 0 Å². The Kier molecular flexibility index (Phi) is 5.26. The largest absolute Gasteiger partial charge is 0.497 e. The van der Waals surface area contributed by atoms with Crippen LogP contribution < -0.4 is 4.74 Å². The van der Waals surface area contributed by atoms with Crippen molar-refractivity contribution in [2.45, 2.75) is 31.6 Å². The predicted molar refractivity (Wildman–Crippen MR) is 108 cm³/mol. The van der Waals surface area contributed by atoms with Crippen LogP contribution in [0.4, 0.5) is 0 Å². The highest BCUT2D eigenvalue weighted by Crippen LogP contribution is 2.28. The molecule has 1 fully saturated rings. The topological polar surface area (TPSA) is 28.3 Å². The number of nitrogens with zero attached hydrogens (tertiary/aromatic N) is 1. The van der Waals surface area contributed by atoms with Gasteiger partial charge in [0.25, 0.3) is 0 Å². The third-order valence-corrected chi connectivity index (χ3v) is 5.69. The number of piperidine rings is 1. The molecule has 0 bridgehead atoms. The second-order valence-corrected chi connectivity index (χ2v) is 7.38. The monoisotopic (exact) mass is 348 g/mol. The molecule has 1 unspecified atom stereocenters. The standard InChI is InChI=1S/C23H28N2O/c1-26-21-12-10-18(11-13-21)20-7-5-15-25(17-20)14-4-6-19-16-24-23-9-3-2-8-22(19)23/h2-3,8-13,16,20,24H,4-7,14-15,17H2,1H3. The van der Waals surface area contributed by atoms with Crippen molar-refractivity contribution in [2.75, 3.05) is 26.7 Å². The molecule has 0 radical (unpaired) electrons. The minimum absolute atomic E-state index is 0.655. The minimum atomic E-state index is 0.655. The van der Waals surface area contributed by atoms with Crippen molar-refractivity contribution in [3.63, 3.8) is 0 Å². The zero-order chi connectivity index (χ0) is 17.8. The normalized spacial score (nSPS) is 18.3. The molecule has 1 aliphatic rings. The van der Waals surface area contributed by atoms with E-state index in [0.717, 1.165) is 12.2 Å². The zero-order valence-corrected chi connectivity index (χ0v) is 15.6. The highest BCUT2D eigenvalue weighted by molar-refractivity contribution is 5.82.